The number of rotatable bonds is 6. The Morgan fingerprint density at radius 3 is 2.24 bits per heavy atom. The predicted octanol–water partition coefficient (Wildman–Crippen LogP) is 4.17. The number of nitrogens with one attached hydrogen (secondary N) is 2. The second-order valence-electron chi connectivity index (χ2n) is 10.2. The predicted molar refractivity (Wildman–Crippen MR) is 155 cm³/mol. The number of nitrogens with zero attached hydrogens (tertiary/aromatic N) is 6. The molecule has 2 N–H and O–H groups in total. The molecule has 0 saturated carbocycles. The van der Waals surface area contributed by atoms with Gasteiger partial charge in [-0.1, -0.05) is 38.1 Å². The molecule has 0 amide bonds. The molecule has 194 valence electrons. The molecule has 2 atom stereocenters. The summed E-state index contributed by atoms with van der Waals surface area (Å²) in [5.41, 5.74) is 2.34. The average Bonchev–Trinajstić information content (AvgIpc) is 2.92. The van der Waals surface area contributed by atoms with Gasteiger partial charge in [0.05, 0.1) is 0 Å². The third-order valence-corrected chi connectivity index (χ3v) is 7.26. The third-order valence-electron chi connectivity index (χ3n) is 7.02. The lowest BCUT2D eigenvalue weighted by Gasteiger charge is -2.38. The third kappa shape index (κ3) is 6.65. The van der Waals surface area contributed by atoms with Crippen LogP contribution in [0.4, 0.5) is 23.3 Å². The van der Waals surface area contributed by atoms with Gasteiger partial charge in [0.15, 0.2) is 5.11 Å². The standard InChI is InChI=1S/C28H36N8S/c1-21-15-22(2)20-36(19-21)26-16-25(35-13-11-34(12-14-35)24-8-4-3-5-9-24)31-27(32-26)33-28(37)30-18-23-7-6-10-29-17-23/h3-10,16-17,21-22H,11-15,18-20H2,1-2H3,(H2,30,31,32,33,37)/t21-,22+. The average molecular weight is 517 g/mol. The molecule has 0 spiro atoms. The van der Waals surface area contributed by atoms with E-state index in [2.05, 4.69) is 80.6 Å². The number of aromatic nitrogens is 3. The van der Waals surface area contributed by atoms with Gasteiger partial charge in [0.25, 0.3) is 0 Å². The van der Waals surface area contributed by atoms with Crippen molar-refractivity contribution in [2.24, 2.45) is 11.8 Å². The van der Waals surface area contributed by atoms with Crippen LogP contribution in [0, 0.1) is 11.8 Å². The molecule has 37 heavy (non-hydrogen) atoms. The van der Waals surface area contributed by atoms with Gasteiger partial charge in [0.2, 0.25) is 5.95 Å². The van der Waals surface area contributed by atoms with Crippen LogP contribution >= 0.6 is 12.2 Å². The fraction of sp³-hybridized carbons (Fsp3) is 0.429. The van der Waals surface area contributed by atoms with E-state index in [0.29, 0.717) is 29.4 Å². The molecular formula is C28H36N8S. The van der Waals surface area contributed by atoms with E-state index in [1.165, 1.54) is 12.1 Å². The topological polar surface area (TPSA) is 72.5 Å². The Hall–Kier alpha value is -3.46. The molecule has 4 heterocycles. The zero-order valence-corrected chi connectivity index (χ0v) is 22.5. The second-order valence-corrected chi connectivity index (χ2v) is 10.6. The minimum atomic E-state index is 0.501. The van der Waals surface area contributed by atoms with Crippen LogP contribution in [0.2, 0.25) is 0 Å². The largest absolute Gasteiger partial charge is 0.368 e. The molecule has 3 aromatic rings. The van der Waals surface area contributed by atoms with Crippen LogP contribution < -0.4 is 25.3 Å². The Kier molecular flexibility index (Phi) is 7.99. The van der Waals surface area contributed by atoms with E-state index in [1.54, 1.807) is 6.20 Å². The number of benzene rings is 1. The highest BCUT2D eigenvalue weighted by atomic mass is 32.1. The number of anilines is 4. The van der Waals surface area contributed by atoms with E-state index in [0.717, 1.165) is 56.5 Å². The maximum atomic E-state index is 5.59. The number of para-hydroxylation sites is 1. The number of pyridine rings is 1. The van der Waals surface area contributed by atoms with Gasteiger partial charge >= 0.3 is 0 Å². The van der Waals surface area contributed by atoms with E-state index in [1.807, 2.05) is 18.3 Å². The number of piperazine rings is 1. The number of hydrogen-bond donors (Lipinski definition) is 2. The molecule has 0 unspecified atom stereocenters. The quantitative estimate of drug-likeness (QED) is 0.470. The van der Waals surface area contributed by atoms with Crippen molar-refractivity contribution in [1.29, 1.82) is 0 Å². The van der Waals surface area contributed by atoms with Gasteiger partial charge < -0.3 is 25.3 Å². The zero-order chi connectivity index (χ0) is 25.6. The van der Waals surface area contributed by atoms with Gasteiger partial charge in [-0.05, 0) is 54.2 Å². The van der Waals surface area contributed by atoms with Crippen LogP contribution in [0.25, 0.3) is 0 Å². The van der Waals surface area contributed by atoms with Gasteiger partial charge in [0.1, 0.15) is 11.6 Å². The van der Waals surface area contributed by atoms with Crippen molar-refractivity contribution in [2.75, 3.05) is 59.3 Å². The minimum absolute atomic E-state index is 0.501. The first-order valence-corrected chi connectivity index (χ1v) is 13.6. The number of thiocarbonyl (C=S) groups is 1. The van der Waals surface area contributed by atoms with E-state index in [4.69, 9.17) is 22.2 Å². The van der Waals surface area contributed by atoms with Gasteiger partial charge in [-0.3, -0.25) is 4.98 Å². The summed E-state index contributed by atoms with van der Waals surface area (Å²) in [4.78, 5) is 21.2. The van der Waals surface area contributed by atoms with Crippen molar-refractivity contribution in [3.8, 4) is 0 Å². The van der Waals surface area contributed by atoms with Crippen molar-refractivity contribution < 1.29 is 0 Å². The van der Waals surface area contributed by atoms with Crippen LogP contribution in [-0.4, -0.2) is 59.3 Å². The summed E-state index contributed by atoms with van der Waals surface area (Å²) in [6.07, 6.45) is 4.85. The van der Waals surface area contributed by atoms with Crippen LogP contribution in [0.15, 0.2) is 60.9 Å². The first-order chi connectivity index (χ1) is 18.0. The van der Waals surface area contributed by atoms with Crippen molar-refractivity contribution in [1.82, 2.24) is 20.3 Å². The first-order valence-electron chi connectivity index (χ1n) is 13.2. The van der Waals surface area contributed by atoms with E-state index in [9.17, 15) is 0 Å². The lowest BCUT2D eigenvalue weighted by molar-refractivity contribution is 0.355. The SMILES string of the molecule is C[C@@H]1C[C@H](C)CN(c2cc(N3CCN(c4ccccc4)CC3)nc(NC(=S)NCc3cccnc3)n2)C1. The van der Waals surface area contributed by atoms with Gasteiger partial charge in [-0.15, -0.1) is 0 Å². The normalized spacial score (nSPS) is 20.0. The van der Waals surface area contributed by atoms with Gasteiger partial charge in [-0.2, -0.15) is 9.97 Å². The molecule has 8 nitrogen and oxygen atoms in total. The molecule has 2 aliphatic rings. The van der Waals surface area contributed by atoms with Crippen molar-refractivity contribution in [2.45, 2.75) is 26.8 Å². The molecule has 2 aromatic heterocycles. The molecule has 2 saturated heterocycles. The molecule has 0 aliphatic carbocycles. The molecule has 5 rings (SSSR count). The lowest BCUT2D eigenvalue weighted by Crippen LogP contribution is -2.47. The first kappa shape index (κ1) is 25.2. The fourth-order valence-corrected chi connectivity index (χ4v) is 5.48. The monoisotopic (exact) mass is 516 g/mol. The molecule has 0 radical (unpaired) electrons. The Morgan fingerprint density at radius 2 is 1.57 bits per heavy atom. The van der Waals surface area contributed by atoms with Crippen LogP contribution in [0.5, 0.6) is 0 Å². The number of piperidine rings is 1. The molecule has 9 heteroatoms. The Bertz CT molecular complexity index is 1160. The fourth-order valence-electron chi connectivity index (χ4n) is 5.32. The van der Waals surface area contributed by atoms with Crippen LogP contribution in [-0.2, 0) is 6.54 Å². The Labute approximate surface area is 225 Å². The Balaban J connectivity index is 1.32. The minimum Gasteiger partial charge on any atom is -0.368 e. The smallest absolute Gasteiger partial charge is 0.232 e. The zero-order valence-electron chi connectivity index (χ0n) is 21.7. The highest BCUT2D eigenvalue weighted by Crippen LogP contribution is 2.29. The van der Waals surface area contributed by atoms with Crippen LogP contribution in [0.3, 0.4) is 0 Å². The maximum absolute atomic E-state index is 5.59. The summed E-state index contributed by atoms with van der Waals surface area (Å²) in [6, 6.07) is 16.7. The van der Waals surface area contributed by atoms with E-state index in [-0.39, 0.29) is 0 Å². The van der Waals surface area contributed by atoms with Crippen molar-refractivity contribution >= 4 is 40.6 Å². The molecule has 2 fully saturated rings. The van der Waals surface area contributed by atoms with Crippen molar-refractivity contribution in [3.63, 3.8) is 0 Å². The van der Waals surface area contributed by atoms with Crippen molar-refractivity contribution in [3.05, 3.63) is 66.5 Å². The summed E-state index contributed by atoms with van der Waals surface area (Å²) in [7, 11) is 0. The number of hydrogen-bond acceptors (Lipinski definition) is 7. The van der Waals surface area contributed by atoms with Gasteiger partial charge in [-0.25, -0.2) is 0 Å². The van der Waals surface area contributed by atoms with Crippen LogP contribution in [0.1, 0.15) is 25.8 Å². The lowest BCUT2D eigenvalue weighted by atomic mass is 9.92. The molecule has 0 bridgehead atoms. The summed E-state index contributed by atoms with van der Waals surface area (Å²) >= 11 is 5.59. The molecular weight excluding hydrogens is 480 g/mol. The summed E-state index contributed by atoms with van der Waals surface area (Å²) in [6.45, 7) is 11.0. The highest BCUT2D eigenvalue weighted by molar-refractivity contribution is 7.80. The van der Waals surface area contributed by atoms with E-state index < -0.39 is 0 Å². The highest BCUT2D eigenvalue weighted by Gasteiger charge is 2.25. The summed E-state index contributed by atoms with van der Waals surface area (Å²) in [5, 5.41) is 6.99. The Morgan fingerprint density at radius 1 is 0.892 bits per heavy atom. The molecule has 2 aliphatic heterocycles. The maximum Gasteiger partial charge on any atom is 0.232 e. The van der Waals surface area contributed by atoms with Gasteiger partial charge in [0, 0.05) is 70.0 Å². The van der Waals surface area contributed by atoms with E-state index >= 15 is 0 Å². The summed E-state index contributed by atoms with van der Waals surface area (Å²) < 4.78 is 0. The molecule has 1 aromatic carbocycles. The second kappa shape index (κ2) is 11.7. The summed E-state index contributed by atoms with van der Waals surface area (Å²) in [5.74, 6) is 3.71.